The van der Waals surface area contributed by atoms with Crippen molar-refractivity contribution in [2.45, 2.75) is 6.92 Å². The first-order chi connectivity index (χ1) is 5.27. The molecule has 2 rings (SSSR count). The summed E-state index contributed by atoms with van der Waals surface area (Å²) in [6, 6.07) is 0. The van der Waals surface area contributed by atoms with Crippen molar-refractivity contribution >= 4 is 11.6 Å². The third kappa shape index (κ3) is 0.906. The highest BCUT2D eigenvalue weighted by Gasteiger charge is 2.16. The molecule has 1 aromatic rings. The highest BCUT2D eigenvalue weighted by Crippen LogP contribution is 2.24. The number of aromatic nitrogens is 2. The molecule has 1 aromatic heterocycles. The predicted octanol–water partition coefficient (Wildman–Crippen LogP) is 0.604. The van der Waals surface area contributed by atoms with E-state index in [9.17, 15) is 0 Å². The molecule has 0 atom stereocenters. The average molecular weight is 150 g/mol. The van der Waals surface area contributed by atoms with Crippen LogP contribution in [0.4, 0.5) is 11.6 Å². The lowest BCUT2D eigenvalue weighted by atomic mass is 10.5. The van der Waals surface area contributed by atoms with E-state index in [0.717, 1.165) is 24.0 Å². The molecular formula is C7H10N4. The normalized spacial score (nSPS) is 14.5. The zero-order chi connectivity index (χ0) is 7.84. The maximum absolute atomic E-state index is 4.34. The SMILES string of the molecule is Cc1cnc2c(n1)N(C)CN2. The third-order valence-corrected chi connectivity index (χ3v) is 1.72. The molecule has 58 valence electrons. The Balaban J connectivity index is 2.52. The van der Waals surface area contributed by atoms with E-state index >= 15 is 0 Å². The van der Waals surface area contributed by atoms with Crippen molar-refractivity contribution in [1.29, 1.82) is 0 Å². The van der Waals surface area contributed by atoms with Crippen molar-refractivity contribution in [3.05, 3.63) is 11.9 Å². The molecule has 0 radical (unpaired) electrons. The van der Waals surface area contributed by atoms with Gasteiger partial charge in [-0.25, -0.2) is 9.97 Å². The highest BCUT2D eigenvalue weighted by molar-refractivity contribution is 5.65. The Kier molecular flexibility index (Phi) is 1.21. The van der Waals surface area contributed by atoms with E-state index in [1.165, 1.54) is 0 Å². The second kappa shape index (κ2) is 2.08. The molecule has 4 nitrogen and oxygen atoms in total. The Labute approximate surface area is 65.3 Å². The lowest BCUT2D eigenvalue weighted by Gasteiger charge is -2.07. The van der Waals surface area contributed by atoms with Gasteiger partial charge in [0.25, 0.3) is 0 Å². The number of fused-ring (bicyclic) bond motifs is 1. The number of nitrogens with one attached hydrogen (secondary N) is 1. The maximum Gasteiger partial charge on any atom is 0.173 e. The molecular weight excluding hydrogens is 140 g/mol. The summed E-state index contributed by atoms with van der Waals surface area (Å²) in [4.78, 5) is 10.6. The van der Waals surface area contributed by atoms with Crippen molar-refractivity contribution in [2.24, 2.45) is 0 Å². The summed E-state index contributed by atoms with van der Waals surface area (Å²) < 4.78 is 0. The summed E-state index contributed by atoms with van der Waals surface area (Å²) in [5, 5.41) is 3.13. The summed E-state index contributed by atoms with van der Waals surface area (Å²) in [5.41, 5.74) is 0.958. The number of anilines is 2. The first-order valence-electron chi connectivity index (χ1n) is 3.56. The van der Waals surface area contributed by atoms with Crippen LogP contribution in [0.3, 0.4) is 0 Å². The van der Waals surface area contributed by atoms with Crippen LogP contribution < -0.4 is 10.2 Å². The largest absolute Gasteiger partial charge is 0.350 e. The minimum absolute atomic E-state index is 0.804. The fourth-order valence-corrected chi connectivity index (χ4v) is 1.12. The Hall–Kier alpha value is -1.32. The summed E-state index contributed by atoms with van der Waals surface area (Å²) >= 11 is 0. The third-order valence-electron chi connectivity index (χ3n) is 1.72. The van der Waals surface area contributed by atoms with Gasteiger partial charge < -0.3 is 10.2 Å². The Morgan fingerprint density at radius 3 is 3.27 bits per heavy atom. The first kappa shape index (κ1) is 6.39. The molecule has 0 saturated heterocycles. The quantitative estimate of drug-likeness (QED) is 0.588. The maximum atomic E-state index is 4.34. The van der Waals surface area contributed by atoms with Gasteiger partial charge >= 0.3 is 0 Å². The zero-order valence-electron chi connectivity index (χ0n) is 6.63. The van der Waals surface area contributed by atoms with Crippen LogP contribution in [0.1, 0.15) is 5.69 Å². The Bertz CT molecular complexity index is 284. The molecule has 0 saturated carbocycles. The van der Waals surface area contributed by atoms with E-state index in [1.54, 1.807) is 6.20 Å². The predicted molar refractivity (Wildman–Crippen MR) is 43.7 cm³/mol. The fourth-order valence-electron chi connectivity index (χ4n) is 1.12. The zero-order valence-corrected chi connectivity index (χ0v) is 6.63. The average Bonchev–Trinajstić information content (AvgIpc) is 2.33. The molecule has 11 heavy (non-hydrogen) atoms. The van der Waals surface area contributed by atoms with Gasteiger partial charge in [-0.1, -0.05) is 0 Å². The van der Waals surface area contributed by atoms with Crippen molar-refractivity contribution < 1.29 is 0 Å². The van der Waals surface area contributed by atoms with E-state index in [-0.39, 0.29) is 0 Å². The van der Waals surface area contributed by atoms with Crippen LogP contribution in [-0.2, 0) is 0 Å². The molecule has 1 aliphatic rings. The molecule has 4 heteroatoms. The van der Waals surface area contributed by atoms with Crippen molar-refractivity contribution in [3.63, 3.8) is 0 Å². The Morgan fingerprint density at radius 1 is 1.64 bits per heavy atom. The topological polar surface area (TPSA) is 41.1 Å². The van der Waals surface area contributed by atoms with Gasteiger partial charge in [0, 0.05) is 7.05 Å². The lowest BCUT2D eigenvalue weighted by Crippen LogP contribution is -2.16. The lowest BCUT2D eigenvalue weighted by molar-refractivity contribution is 0.996. The Morgan fingerprint density at radius 2 is 2.45 bits per heavy atom. The van der Waals surface area contributed by atoms with Gasteiger partial charge in [0.05, 0.1) is 18.6 Å². The smallest absolute Gasteiger partial charge is 0.173 e. The minimum Gasteiger partial charge on any atom is -0.350 e. The molecule has 0 unspecified atom stereocenters. The molecule has 0 aliphatic carbocycles. The highest BCUT2D eigenvalue weighted by atomic mass is 15.3. The van der Waals surface area contributed by atoms with Crippen LogP contribution in [0, 0.1) is 6.92 Å². The molecule has 0 amide bonds. The van der Waals surface area contributed by atoms with Gasteiger partial charge in [0.15, 0.2) is 11.6 Å². The van der Waals surface area contributed by atoms with Crippen LogP contribution in [-0.4, -0.2) is 23.7 Å². The molecule has 0 fully saturated rings. The van der Waals surface area contributed by atoms with Crippen LogP contribution >= 0.6 is 0 Å². The number of aryl methyl sites for hydroxylation is 1. The van der Waals surface area contributed by atoms with Crippen LogP contribution in [0.15, 0.2) is 6.20 Å². The van der Waals surface area contributed by atoms with Gasteiger partial charge in [-0.15, -0.1) is 0 Å². The molecule has 1 N–H and O–H groups in total. The first-order valence-corrected chi connectivity index (χ1v) is 3.56. The molecule has 2 heterocycles. The van der Waals surface area contributed by atoms with Gasteiger partial charge in [-0.2, -0.15) is 0 Å². The van der Waals surface area contributed by atoms with E-state index in [0.29, 0.717) is 0 Å². The number of hydrogen-bond donors (Lipinski definition) is 1. The number of rotatable bonds is 0. The minimum atomic E-state index is 0.804. The summed E-state index contributed by atoms with van der Waals surface area (Å²) in [6.45, 7) is 2.75. The molecule has 0 aromatic carbocycles. The van der Waals surface area contributed by atoms with Crippen LogP contribution in [0.2, 0.25) is 0 Å². The van der Waals surface area contributed by atoms with E-state index in [1.807, 2.05) is 18.9 Å². The number of hydrogen-bond acceptors (Lipinski definition) is 4. The monoisotopic (exact) mass is 150 g/mol. The van der Waals surface area contributed by atoms with Crippen molar-refractivity contribution in [3.8, 4) is 0 Å². The van der Waals surface area contributed by atoms with Gasteiger partial charge in [0.2, 0.25) is 0 Å². The fraction of sp³-hybridized carbons (Fsp3) is 0.429. The van der Waals surface area contributed by atoms with E-state index < -0.39 is 0 Å². The number of nitrogens with zero attached hydrogens (tertiary/aromatic N) is 3. The van der Waals surface area contributed by atoms with Crippen molar-refractivity contribution in [2.75, 3.05) is 23.9 Å². The summed E-state index contributed by atoms with van der Waals surface area (Å²) in [6.07, 6.45) is 1.77. The van der Waals surface area contributed by atoms with Crippen LogP contribution in [0.25, 0.3) is 0 Å². The van der Waals surface area contributed by atoms with Gasteiger partial charge in [-0.05, 0) is 6.92 Å². The molecule has 0 bridgehead atoms. The van der Waals surface area contributed by atoms with Gasteiger partial charge in [0.1, 0.15) is 0 Å². The van der Waals surface area contributed by atoms with E-state index in [4.69, 9.17) is 0 Å². The summed E-state index contributed by atoms with van der Waals surface area (Å²) in [7, 11) is 1.99. The molecule has 0 spiro atoms. The van der Waals surface area contributed by atoms with Gasteiger partial charge in [-0.3, -0.25) is 0 Å². The second-order valence-electron chi connectivity index (χ2n) is 2.72. The van der Waals surface area contributed by atoms with E-state index in [2.05, 4.69) is 15.3 Å². The second-order valence-corrected chi connectivity index (χ2v) is 2.72. The molecule has 1 aliphatic heterocycles. The standard InChI is InChI=1S/C7H10N4/c1-5-3-8-6-7(10-5)11(2)4-9-6/h3H,4H2,1-2H3,(H,8,9). The van der Waals surface area contributed by atoms with Crippen LogP contribution in [0.5, 0.6) is 0 Å². The summed E-state index contributed by atoms with van der Waals surface area (Å²) in [5.74, 6) is 1.84. The van der Waals surface area contributed by atoms with Crippen molar-refractivity contribution in [1.82, 2.24) is 9.97 Å².